The molecule has 3 amide bonds. The predicted molar refractivity (Wildman–Crippen MR) is 90.0 cm³/mol. The van der Waals surface area contributed by atoms with Gasteiger partial charge in [0.1, 0.15) is 5.75 Å². The smallest absolute Gasteiger partial charge is 0.238 e. The maximum absolute atomic E-state index is 12.2. The highest BCUT2D eigenvalue weighted by Crippen LogP contribution is 2.27. The fourth-order valence-corrected chi connectivity index (χ4v) is 2.42. The molecule has 8 heteroatoms. The molecule has 0 spiro atoms. The van der Waals surface area contributed by atoms with Crippen molar-refractivity contribution in [1.82, 2.24) is 9.80 Å². The van der Waals surface area contributed by atoms with E-state index >= 15 is 0 Å². The summed E-state index contributed by atoms with van der Waals surface area (Å²) < 4.78 is 5.17. The Morgan fingerprint density at radius 1 is 1.25 bits per heavy atom. The summed E-state index contributed by atoms with van der Waals surface area (Å²) in [5, 5.41) is 5.42. The zero-order valence-electron chi connectivity index (χ0n) is 14.1. The number of nitrogens with one attached hydrogen (secondary N) is 2. The van der Waals surface area contributed by atoms with Gasteiger partial charge in [0.15, 0.2) is 0 Å². The summed E-state index contributed by atoms with van der Waals surface area (Å²) in [6.45, 7) is 3.05. The Labute approximate surface area is 140 Å². The Morgan fingerprint density at radius 2 is 2.00 bits per heavy atom. The fraction of sp³-hybridized carbons (Fsp3) is 0.438. The molecule has 1 heterocycles. The van der Waals surface area contributed by atoms with Crippen molar-refractivity contribution in [2.75, 3.05) is 51.0 Å². The van der Waals surface area contributed by atoms with Crippen LogP contribution >= 0.6 is 0 Å². The van der Waals surface area contributed by atoms with Crippen molar-refractivity contribution in [2.45, 2.75) is 6.92 Å². The van der Waals surface area contributed by atoms with E-state index in [1.54, 1.807) is 35.0 Å². The second-order valence-electron chi connectivity index (χ2n) is 5.67. The van der Waals surface area contributed by atoms with Crippen LogP contribution in [0, 0.1) is 0 Å². The lowest BCUT2D eigenvalue weighted by Crippen LogP contribution is -2.50. The van der Waals surface area contributed by atoms with Gasteiger partial charge in [0.25, 0.3) is 0 Å². The molecule has 2 N–H and O–H groups in total. The minimum Gasteiger partial charge on any atom is -0.495 e. The van der Waals surface area contributed by atoms with Crippen LogP contribution in [0.1, 0.15) is 6.92 Å². The van der Waals surface area contributed by atoms with E-state index in [4.69, 9.17) is 4.74 Å². The number of amides is 3. The third kappa shape index (κ3) is 4.69. The van der Waals surface area contributed by atoms with Crippen molar-refractivity contribution >= 4 is 29.1 Å². The molecule has 0 unspecified atom stereocenters. The molecule has 0 aromatic heterocycles. The number of rotatable bonds is 5. The summed E-state index contributed by atoms with van der Waals surface area (Å²) in [6.07, 6.45) is 0. The number of ether oxygens (including phenoxy) is 1. The van der Waals surface area contributed by atoms with Crippen LogP contribution in [0.25, 0.3) is 0 Å². The molecule has 1 aliphatic heterocycles. The number of hydrogen-bond donors (Lipinski definition) is 2. The van der Waals surface area contributed by atoms with Crippen LogP contribution in [0.2, 0.25) is 0 Å². The summed E-state index contributed by atoms with van der Waals surface area (Å²) in [7, 11) is 3.25. The number of anilines is 2. The first-order chi connectivity index (χ1) is 11.4. The van der Waals surface area contributed by atoms with E-state index in [9.17, 15) is 14.4 Å². The number of piperazine rings is 1. The molecule has 130 valence electrons. The number of nitrogens with zero attached hydrogens (tertiary/aromatic N) is 2. The van der Waals surface area contributed by atoms with Gasteiger partial charge in [0.05, 0.1) is 25.9 Å². The van der Waals surface area contributed by atoms with Crippen molar-refractivity contribution in [3.63, 3.8) is 0 Å². The standard InChI is InChI=1S/C16H22N4O4/c1-11(21)17-13-8-12(4-5-14(13)24-3)18-15(22)9-20-7-6-19(2)16(23)10-20/h4-5,8H,6-7,9-10H2,1-3H3,(H,17,21)(H,18,22). The number of carbonyl (C=O) groups excluding carboxylic acids is 3. The Morgan fingerprint density at radius 3 is 2.62 bits per heavy atom. The average molecular weight is 334 g/mol. The first-order valence-corrected chi connectivity index (χ1v) is 7.61. The predicted octanol–water partition coefficient (Wildman–Crippen LogP) is 0.366. The van der Waals surface area contributed by atoms with Crippen LogP contribution in [0.5, 0.6) is 5.75 Å². The molecule has 0 radical (unpaired) electrons. The van der Waals surface area contributed by atoms with Gasteiger partial charge >= 0.3 is 0 Å². The number of benzene rings is 1. The summed E-state index contributed by atoms with van der Waals surface area (Å²) in [6, 6.07) is 4.99. The normalized spacial score (nSPS) is 15.1. The summed E-state index contributed by atoms with van der Waals surface area (Å²) in [4.78, 5) is 38.5. The molecule has 0 bridgehead atoms. The highest BCUT2D eigenvalue weighted by Gasteiger charge is 2.22. The molecule has 0 aliphatic carbocycles. The third-order valence-corrected chi connectivity index (χ3v) is 3.70. The molecule has 1 fully saturated rings. The SMILES string of the molecule is COc1ccc(NC(=O)CN2CCN(C)C(=O)C2)cc1NC(C)=O. The Bertz CT molecular complexity index is 647. The molecule has 1 saturated heterocycles. The molecule has 1 aliphatic rings. The van der Waals surface area contributed by atoms with Crippen molar-refractivity contribution in [3.05, 3.63) is 18.2 Å². The molecule has 0 saturated carbocycles. The second kappa shape index (κ2) is 7.78. The number of likely N-dealkylation sites (N-methyl/N-ethyl adjacent to an activating group) is 1. The first-order valence-electron chi connectivity index (χ1n) is 7.61. The third-order valence-electron chi connectivity index (χ3n) is 3.70. The molecule has 8 nitrogen and oxygen atoms in total. The monoisotopic (exact) mass is 334 g/mol. The van der Waals surface area contributed by atoms with Gasteiger partial charge in [-0.05, 0) is 18.2 Å². The van der Waals surface area contributed by atoms with Crippen molar-refractivity contribution < 1.29 is 19.1 Å². The van der Waals surface area contributed by atoms with E-state index in [2.05, 4.69) is 10.6 Å². The lowest BCUT2D eigenvalue weighted by Gasteiger charge is -2.31. The number of carbonyl (C=O) groups is 3. The minimum atomic E-state index is -0.229. The summed E-state index contributed by atoms with van der Waals surface area (Å²) >= 11 is 0. The second-order valence-corrected chi connectivity index (χ2v) is 5.67. The summed E-state index contributed by atoms with van der Waals surface area (Å²) in [5.74, 6) is 0.0679. The lowest BCUT2D eigenvalue weighted by molar-refractivity contribution is -0.135. The van der Waals surface area contributed by atoms with Crippen LogP contribution in [0.4, 0.5) is 11.4 Å². The van der Waals surface area contributed by atoms with E-state index in [-0.39, 0.29) is 30.8 Å². The molecular formula is C16H22N4O4. The van der Waals surface area contributed by atoms with Crippen molar-refractivity contribution in [2.24, 2.45) is 0 Å². The van der Waals surface area contributed by atoms with E-state index in [0.717, 1.165) is 0 Å². The van der Waals surface area contributed by atoms with Gasteiger partial charge < -0.3 is 20.3 Å². The Hall–Kier alpha value is -2.61. The number of methoxy groups -OCH3 is 1. The fourth-order valence-electron chi connectivity index (χ4n) is 2.42. The van der Waals surface area contributed by atoms with Gasteiger partial charge in [0.2, 0.25) is 17.7 Å². The van der Waals surface area contributed by atoms with Crippen LogP contribution in [-0.4, -0.2) is 67.9 Å². The van der Waals surface area contributed by atoms with Crippen LogP contribution in [-0.2, 0) is 14.4 Å². The molecule has 24 heavy (non-hydrogen) atoms. The van der Waals surface area contributed by atoms with Gasteiger partial charge in [0, 0.05) is 32.7 Å². The molecule has 0 atom stereocenters. The average Bonchev–Trinajstić information content (AvgIpc) is 2.50. The van der Waals surface area contributed by atoms with E-state index in [1.165, 1.54) is 14.0 Å². The quantitative estimate of drug-likeness (QED) is 0.812. The zero-order chi connectivity index (χ0) is 17.7. The van der Waals surface area contributed by atoms with Crippen LogP contribution < -0.4 is 15.4 Å². The summed E-state index contributed by atoms with van der Waals surface area (Å²) in [5.41, 5.74) is 1.03. The Balaban J connectivity index is 1.98. The van der Waals surface area contributed by atoms with E-state index < -0.39 is 0 Å². The lowest BCUT2D eigenvalue weighted by atomic mass is 10.2. The zero-order valence-corrected chi connectivity index (χ0v) is 14.1. The van der Waals surface area contributed by atoms with Gasteiger partial charge in [-0.1, -0.05) is 0 Å². The van der Waals surface area contributed by atoms with Gasteiger partial charge in [-0.15, -0.1) is 0 Å². The highest BCUT2D eigenvalue weighted by molar-refractivity contribution is 5.95. The number of hydrogen-bond acceptors (Lipinski definition) is 5. The molecule has 1 aromatic rings. The van der Waals surface area contributed by atoms with Gasteiger partial charge in [-0.25, -0.2) is 0 Å². The Kier molecular flexibility index (Phi) is 5.75. The van der Waals surface area contributed by atoms with Gasteiger partial charge in [-0.3, -0.25) is 19.3 Å². The molecule has 1 aromatic carbocycles. The van der Waals surface area contributed by atoms with E-state index in [0.29, 0.717) is 30.2 Å². The minimum absolute atomic E-state index is 0.00596. The van der Waals surface area contributed by atoms with Gasteiger partial charge in [-0.2, -0.15) is 0 Å². The van der Waals surface area contributed by atoms with Crippen molar-refractivity contribution in [1.29, 1.82) is 0 Å². The molecule has 2 rings (SSSR count). The van der Waals surface area contributed by atoms with Crippen LogP contribution in [0.15, 0.2) is 18.2 Å². The molecular weight excluding hydrogens is 312 g/mol. The van der Waals surface area contributed by atoms with E-state index in [1.807, 2.05) is 0 Å². The van der Waals surface area contributed by atoms with Crippen molar-refractivity contribution in [3.8, 4) is 5.75 Å². The maximum Gasteiger partial charge on any atom is 0.238 e. The topological polar surface area (TPSA) is 91.0 Å². The van der Waals surface area contributed by atoms with Crippen LogP contribution in [0.3, 0.4) is 0 Å². The largest absolute Gasteiger partial charge is 0.495 e. The highest BCUT2D eigenvalue weighted by atomic mass is 16.5. The maximum atomic E-state index is 12.2. The first kappa shape index (κ1) is 17.7.